The molecule has 0 aromatic carbocycles. The van der Waals surface area contributed by atoms with Gasteiger partial charge in [-0.25, -0.2) is 0 Å². The van der Waals surface area contributed by atoms with E-state index in [1.807, 2.05) is 26.0 Å². The van der Waals surface area contributed by atoms with Gasteiger partial charge in [0.05, 0.1) is 12.0 Å². The minimum absolute atomic E-state index is 0.112. The minimum Gasteiger partial charge on any atom is -0.370 e. The summed E-state index contributed by atoms with van der Waals surface area (Å²) >= 11 is 1.57. The van der Waals surface area contributed by atoms with Gasteiger partial charge in [0.1, 0.15) is 0 Å². The molecular formula is C16H21N3O4S. The molecule has 8 heteroatoms. The van der Waals surface area contributed by atoms with E-state index in [0.717, 1.165) is 9.75 Å². The zero-order valence-electron chi connectivity index (χ0n) is 13.7. The third kappa shape index (κ3) is 2.85. The summed E-state index contributed by atoms with van der Waals surface area (Å²) < 4.78 is 0. The second kappa shape index (κ2) is 6.62. The number of likely N-dealkylation sites (tertiary alicyclic amines) is 1. The lowest BCUT2D eigenvalue weighted by Crippen LogP contribution is -2.38. The first kappa shape index (κ1) is 17.1. The summed E-state index contributed by atoms with van der Waals surface area (Å²) in [5.74, 6) is -1.48. The number of hydroxylamine groups is 2. The van der Waals surface area contributed by atoms with Crippen molar-refractivity contribution in [2.24, 2.45) is 11.7 Å². The molecule has 0 spiro atoms. The van der Waals surface area contributed by atoms with Crippen molar-refractivity contribution in [3.63, 3.8) is 0 Å². The Morgan fingerprint density at radius 3 is 2.62 bits per heavy atom. The Morgan fingerprint density at radius 1 is 1.29 bits per heavy atom. The van der Waals surface area contributed by atoms with Crippen molar-refractivity contribution in [2.45, 2.75) is 38.8 Å². The molecule has 2 aliphatic heterocycles. The summed E-state index contributed by atoms with van der Waals surface area (Å²) in [6.45, 7) is 4.58. The molecule has 2 saturated heterocycles. The monoisotopic (exact) mass is 351 g/mol. The van der Waals surface area contributed by atoms with Gasteiger partial charge in [-0.05, 0) is 25.5 Å². The smallest absolute Gasteiger partial charge is 0.261 e. The van der Waals surface area contributed by atoms with Gasteiger partial charge < -0.3 is 5.73 Å². The Balaban J connectivity index is 1.91. The molecule has 0 radical (unpaired) electrons. The van der Waals surface area contributed by atoms with Gasteiger partial charge in [0.25, 0.3) is 5.91 Å². The SMILES string of the molecule is CCCN1C(=O)C2ON(CCC(N)=O)C(c3ccc(C)s3)C2C1=O. The van der Waals surface area contributed by atoms with E-state index in [-0.39, 0.29) is 30.8 Å². The number of amides is 3. The number of nitrogens with zero attached hydrogens (tertiary/aromatic N) is 2. The van der Waals surface area contributed by atoms with Crippen molar-refractivity contribution in [2.75, 3.05) is 13.1 Å². The largest absolute Gasteiger partial charge is 0.370 e. The van der Waals surface area contributed by atoms with Crippen LogP contribution in [-0.2, 0) is 19.2 Å². The molecule has 3 amide bonds. The molecule has 130 valence electrons. The second-order valence-corrected chi connectivity index (χ2v) is 7.45. The van der Waals surface area contributed by atoms with Crippen LogP contribution in [0, 0.1) is 12.8 Å². The van der Waals surface area contributed by atoms with Crippen LogP contribution >= 0.6 is 11.3 Å². The molecule has 7 nitrogen and oxygen atoms in total. The molecule has 0 bridgehead atoms. The summed E-state index contributed by atoms with van der Waals surface area (Å²) in [4.78, 5) is 45.6. The molecular weight excluding hydrogens is 330 g/mol. The molecule has 3 atom stereocenters. The standard InChI is InChI=1S/C16H21N3O4S/c1-3-7-18-15(21)12-13(10-5-4-9(2)24-10)19(8-6-11(17)20)23-14(12)16(18)22/h4-5,12-14H,3,6-8H2,1-2H3,(H2,17,20). The number of rotatable bonds is 6. The van der Waals surface area contributed by atoms with Crippen molar-refractivity contribution in [3.05, 3.63) is 21.9 Å². The van der Waals surface area contributed by atoms with Crippen LogP contribution in [-0.4, -0.2) is 46.9 Å². The van der Waals surface area contributed by atoms with Gasteiger partial charge in [0.15, 0.2) is 6.10 Å². The van der Waals surface area contributed by atoms with Crippen molar-refractivity contribution in [1.29, 1.82) is 0 Å². The molecule has 2 aliphatic rings. The van der Waals surface area contributed by atoms with E-state index in [1.165, 1.54) is 4.90 Å². The van der Waals surface area contributed by atoms with E-state index in [4.69, 9.17) is 10.6 Å². The van der Waals surface area contributed by atoms with Crippen LogP contribution in [0.3, 0.4) is 0 Å². The third-order valence-corrected chi connectivity index (χ3v) is 5.44. The molecule has 1 aromatic rings. The fourth-order valence-electron chi connectivity index (χ4n) is 3.31. The van der Waals surface area contributed by atoms with Gasteiger partial charge in [0.2, 0.25) is 11.8 Å². The maximum atomic E-state index is 12.8. The van der Waals surface area contributed by atoms with Crippen LogP contribution in [0.2, 0.25) is 0 Å². The van der Waals surface area contributed by atoms with Crippen LogP contribution in [0.1, 0.15) is 35.6 Å². The highest BCUT2D eigenvalue weighted by Gasteiger charge is 2.59. The molecule has 3 heterocycles. The van der Waals surface area contributed by atoms with E-state index in [9.17, 15) is 14.4 Å². The maximum absolute atomic E-state index is 12.8. The molecule has 0 saturated carbocycles. The quantitative estimate of drug-likeness (QED) is 0.771. The second-order valence-electron chi connectivity index (χ2n) is 6.13. The van der Waals surface area contributed by atoms with Crippen molar-refractivity contribution in [1.82, 2.24) is 9.96 Å². The number of imide groups is 1. The fraction of sp³-hybridized carbons (Fsp3) is 0.562. The lowest BCUT2D eigenvalue weighted by molar-refractivity contribution is -0.179. The fourth-order valence-corrected chi connectivity index (χ4v) is 4.34. The average molecular weight is 351 g/mol. The van der Waals surface area contributed by atoms with E-state index in [1.54, 1.807) is 16.4 Å². The Labute approximate surface area is 144 Å². The zero-order chi connectivity index (χ0) is 17.4. The number of primary amides is 1. The predicted molar refractivity (Wildman–Crippen MR) is 87.7 cm³/mol. The third-order valence-electron chi connectivity index (χ3n) is 4.36. The summed E-state index contributed by atoms with van der Waals surface area (Å²) in [5.41, 5.74) is 5.23. The summed E-state index contributed by atoms with van der Waals surface area (Å²) in [6, 6.07) is 3.57. The molecule has 0 aliphatic carbocycles. The van der Waals surface area contributed by atoms with Crippen LogP contribution in [0.5, 0.6) is 0 Å². The van der Waals surface area contributed by atoms with Crippen LogP contribution in [0.25, 0.3) is 0 Å². The normalized spacial score (nSPS) is 27.1. The van der Waals surface area contributed by atoms with Crippen molar-refractivity contribution < 1.29 is 19.2 Å². The lowest BCUT2D eigenvalue weighted by atomic mass is 9.95. The topological polar surface area (TPSA) is 92.9 Å². The van der Waals surface area contributed by atoms with Crippen molar-refractivity contribution >= 4 is 29.1 Å². The lowest BCUT2D eigenvalue weighted by Gasteiger charge is -2.25. The first-order valence-electron chi connectivity index (χ1n) is 8.07. The van der Waals surface area contributed by atoms with Crippen LogP contribution in [0.4, 0.5) is 0 Å². The number of carbonyl (C=O) groups is 3. The minimum atomic E-state index is -0.802. The Morgan fingerprint density at radius 2 is 2.04 bits per heavy atom. The van der Waals surface area contributed by atoms with E-state index >= 15 is 0 Å². The number of hydrogen-bond acceptors (Lipinski definition) is 6. The number of fused-ring (bicyclic) bond motifs is 1. The Kier molecular flexibility index (Phi) is 4.71. The van der Waals surface area contributed by atoms with Gasteiger partial charge in [-0.1, -0.05) is 6.92 Å². The summed E-state index contributed by atoms with van der Waals surface area (Å²) in [5, 5.41) is 1.59. The van der Waals surface area contributed by atoms with Crippen LogP contribution < -0.4 is 5.73 Å². The highest BCUT2D eigenvalue weighted by Crippen LogP contribution is 2.46. The Hall–Kier alpha value is -1.77. The van der Waals surface area contributed by atoms with Gasteiger partial charge in [0, 0.05) is 29.3 Å². The van der Waals surface area contributed by atoms with Crippen molar-refractivity contribution in [3.8, 4) is 0 Å². The summed E-state index contributed by atoms with van der Waals surface area (Å²) in [7, 11) is 0. The average Bonchev–Trinajstić information content (AvgIpc) is 3.17. The van der Waals surface area contributed by atoms with E-state index < -0.39 is 17.9 Å². The molecule has 2 fully saturated rings. The number of hydrogen-bond donors (Lipinski definition) is 1. The first-order chi connectivity index (χ1) is 11.4. The predicted octanol–water partition coefficient (Wildman–Crippen LogP) is 0.984. The van der Waals surface area contributed by atoms with Gasteiger partial charge >= 0.3 is 0 Å². The number of nitrogens with two attached hydrogens (primary N) is 1. The van der Waals surface area contributed by atoms with Crippen LogP contribution in [0.15, 0.2) is 12.1 Å². The Bertz CT molecular complexity index is 674. The zero-order valence-corrected chi connectivity index (χ0v) is 14.5. The number of thiophene rings is 1. The molecule has 1 aromatic heterocycles. The van der Waals surface area contributed by atoms with E-state index in [2.05, 4.69) is 0 Å². The van der Waals surface area contributed by atoms with Gasteiger partial charge in [-0.3, -0.25) is 24.1 Å². The number of carbonyl (C=O) groups excluding carboxylic acids is 3. The molecule has 2 N–H and O–H groups in total. The molecule has 3 rings (SSSR count). The van der Waals surface area contributed by atoms with Gasteiger partial charge in [-0.2, -0.15) is 5.06 Å². The maximum Gasteiger partial charge on any atom is 0.261 e. The number of aryl methyl sites for hydroxylation is 1. The molecule has 3 unspecified atom stereocenters. The van der Waals surface area contributed by atoms with E-state index in [0.29, 0.717) is 13.0 Å². The van der Waals surface area contributed by atoms with Gasteiger partial charge in [-0.15, -0.1) is 11.3 Å². The summed E-state index contributed by atoms with van der Waals surface area (Å²) in [6.07, 6.45) is 0.0243. The first-order valence-corrected chi connectivity index (χ1v) is 8.89. The molecule has 24 heavy (non-hydrogen) atoms. The highest BCUT2D eigenvalue weighted by atomic mass is 32.1. The highest BCUT2D eigenvalue weighted by molar-refractivity contribution is 7.12.